The smallest absolute Gasteiger partial charge is 0.256 e. The van der Waals surface area contributed by atoms with Gasteiger partial charge in [0.25, 0.3) is 6.43 Å². The van der Waals surface area contributed by atoms with Crippen molar-refractivity contribution in [3.63, 3.8) is 0 Å². The van der Waals surface area contributed by atoms with E-state index in [2.05, 4.69) is 6.08 Å². The summed E-state index contributed by atoms with van der Waals surface area (Å²) < 4.78 is 25.3. The fourth-order valence-corrected chi connectivity index (χ4v) is 2.32. The maximum Gasteiger partial charge on any atom is 0.256 e. The van der Waals surface area contributed by atoms with Gasteiger partial charge < -0.3 is 10.0 Å². The van der Waals surface area contributed by atoms with E-state index in [9.17, 15) is 18.7 Å². The number of benzene rings is 1. The Hall–Kier alpha value is -0.516. The number of phenols is 1. The molecule has 0 aromatic heterocycles. The predicted octanol–water partition coefficient (Wildman–Crippen LogP) is 2.95. The molecule has 1 N–H and O–H groups in total. The number of amides is 1. The van der Waals surface area contributed by atoms with Crippen molar-refractivity contribution in [1.29, 1.82) is 0 Å². The topological polar surface area (TPSA) is 40.5 Å². The second-order valence-electron chi connectivity index (χ2n) is 4.54. The summed E-state index contributed by atoms with van der Waals surface area (Å²) in [4.78, 5) is 12.9. The third kappa shape index (κ3) is 4.24. The molecule has 0 saturated carbocycles. The summed E-state index contributed by atoms with van der Waals surface area (Å²) in [5, 5.41) is 8.52. The molecule has 3 nitrogen and oxygen atoms in total. The Morgan fingerprint density at radius 2 is 2.19 bits per heavy atom. The second-order valence-corrected chi connectivity index (χ2v) is 5.06. The van der Waals surface area contributed by atoms with Gasteiger partial charge in [-0.2, -0.15) is 0 Å². The number of allylic oxidation sites excluding steroid dienone is 1. The Morgan fingerprint density at radius 3 is 2.76 bits per heavy atom. The summed E-state index contributed by atoms with van der Waals surface area (Å²) in [6, 6.07) is 4.52. The molecular weight excluding hydrogens is 377 g/mol. The summed E-state index contributed by atoms with van der Waals surface area (Å²) in [5.41, 5.74) is 1.55. The van der Waals surface area contributed by atoms with E-state index in [1.807, 2.05) is 0 Å². The quantitative estimate of drug-likeness (QED) is 0.638. The zero-order valence-corrected chi connectivity index (χ0v) is 14.9. The van der Waals surface area contributed by atoms with Crippen LogP contribution in [0.4, 0.5) is 8.78 Å². The van der Waals surface area contributed by atoms with Gasteiger partial charge in [-0.15, -0.1) is 34.5 Å². The van der Waals surface area contributed by atoms with E-state index >= 15 is 0 Å². The van der Waals surface area contributed by atoms with Gasteiger partial charge in [-0.25, -0.2) is 14.9 Å². The Kier molecular flexibility index (Phi) is 6.76. The first kappa shape index (κ1) is 18.5. The first-order valence-corrected chi connectivity index (χ1v) is 6.48. The van der Waals surface area contributed by atoms with E-state index in [1.165, 1.54) is 12.1 Å². The molecular formula is C14H13ClF2NO2Y-. The van der Waals surface area contributed by atoms with Crippen LogP contribution in [-0.4, -0.2) is 34.3 Å². The number of hydrogen-bond acceptors (Lipinski definition) is 2. The molecule has 7 heteroatoms. The molecule has 1 atom stereocenters. The Bertz CT molecular complexity index is 566. The SMILES string of the molecule is Cc1cc(O)ccc1C1=[C-]CC(Cl)C(=O)N1CC(F)F.[Y]. The number of carbonyl (C=O) groups excluding carboxylic acids is 1. The summed E-state index contributed by atoms with van der Waals surface area (Å²) in [7, 11) is 0. The molecule has 0 fully saturated rings. The van der Waals surface area contributed by atoms with E-state index in [0.29, 0.717) is 16.8 Å². The first-order chi connectivity index (χ1) is 9.40. The van der Waals surface area contributed by atoms with E-state index in [0.717, 1.165) is 4.90 Å². The molecule has 0 bridgehead atoms. The van der Waals surface area contributed by atoms with Gasteiger partial charge in [0.1, 0.15) is 11.1 Å². The van der Waals surface area contributed by atoms with E-state index < -0.39 is 24.3 Å². The molecule has 111 valence electrons. The van der Waals surface area contributed by atoms with Crippen molar-refractivity contribution in [1.82, 2.24) is 4.90 Å². The maximum atomic E-state index is 12.7. The zero-order chi connectivity index (χ0) is 14.9. The van der Waals surface area contributed by atoms with Crippen LogP contribution in [0.25, 0.3) is 5.70 Å². The van der Waals surface area contributed by atoms with Crippen LogP contribution in [0.1, 0.15) is 17.5 Å². The minimum absolute atomic E-state index is 0. The molecule has 0 aliphatic carbocycles. The van der Waals surface area contributed by atoms with Gasteiger partial charge >= 0.3 is 0 Å². The molecule has 1 aliphatic rings. The van der Waals surface area contributed by atoms with Gasteiger partial charge in [-0.1, -0.05) is 13.3 Å². The molecule has 21 heavy (non-hydrogen) atoms. The maximum absolute atomic E-state index is 12.7. The molecule has 1 aliphatic heterocycles. The minimum Gasteiger partial charge on any atom is -0.508 e. The van der Waals surface area contributed by atoms with Crippen LogP contribution < -0.4 is 0 Å². The van der Waals surface area contributed by atoms with Crippen molar-refractivity contribution in [2.24, 2.45) is 0 Å². The fraction of sp³-hybridized carbons (Fsp3) is 0.357. The van der Waals surface area contributed by atoms with Gasteiger partial charge in [0.15, 0.2) is 0 Å². The van der Waals surface area contributed by atoms with Crippen LogP contribution in [0.15, 0.2) is 18.2 Å². The molecule has 2 rings (SSSR count). The van der Waals surface area contributed by atoms with E-state index in [1.54, 1.807) is 13.0 Å². The molecule has 1 radical (unpaired) electrons. The van der Waals surface area contributed by atoms with Crippen LogP contribution >= 0.6 is 11.6 Å². The average molecular weight is 390 g/mol. The summed E-state index contributed by atoms with van der Waals surface area (Å²) >= 11 is 5.81. The van der Waals surface area contributed by atoms with E-state index in [-0.39, 0.29) is 44.9 Å². The molecule has 1 unspecified atom stereocenters. The third-order valence-corrected chi connectivity index (χ3v) is 3.38. The predicted molar refractivity (Wildman–Crippen MR) is 71.5 cm³/mol. The standard InChI is InChI=1S/C14H13ClF2NO2.Y/c1-8-6-9(19)2-3-10(8)12-5-4-11(15)14(20)18(12)7-13(16)17;/h2-3,6,11,13,19H,4,7H2,1H3;/q-1;. The molecule has 0 spiro atoms. The number of alkyl halides is 3. The Balaban J connectivity index is 0.00000220. The molecule has 0 saturated heterocycles. The van der Waals surface area contributed by atoms with Crippen molar-refractivity contribution in [3.05, 3.63) is 35.4 Å². The van der Waals surface area contributed by atoms with Crippen molar-refractivity contribution in [2.45, 2.75) is 25.1 Å². The summed E-state index contributed by atoms with van der Waals surface area (Å²) in [6.07, 6.45) is 0.425. The zero-order valence-electron chi connectivity index (χ0n) is 11.3. The van der Waals surface area contributed by atoms with Gasteiger partial charge in [-0.05, 0) is 12.1 Å². The minimum atomic E-state index is -2.66. The fourth-order valence-electron chi connectivity index (χ4n) is 2.12. The average Bonchev–Trinajstić information content (AvgIpc) is 2.36. The van der Waals surface area contributed by atoms with Crippen LogP contribution in [0, 0.1) is 13.0 Å². The number of rotatable bonds is 3. The summed E-state index contributed by atoms with van der Waals surface area (Å²) in [5.74, 6) is -0.474. The number of carbonyl (C=O) groups is 1. The number of aromatic hydroxyl groups is 1. The largest absolute Gasteiger partial charge is 0.508 e. The molecule has 1 aromatic rings. The normalized spacial score (nSPS) is 18.5. The van der Waals surface area contributed by atoms with Crippen molar-refractivity contribution >= 4 is 23.2 Å². The van der Waals surface area contributed by atoms with Gasteiger partial charge in [0.05, 0.1) is 6.54 Å². The van der Waals surface area contributed by atoms with Crippen molar-refractivity contribution in [3.8, 4) is 5.75 Å². The Labute approximate surface area is 151 Å². The molecule has 1 aromatic carbocycles. The summed E-state index contributed by atoms with van der Waals surface area (Å²) in [6.45, 7) is 1.01. The third-order valence-electron chi connectivity index (χ3n) is 3.04. The van der Waals surface area contributed by atoms with Gasteiger partial charge in [-0.3, -0.25) is 4.79 Å². The number of halogens is 3. The number of hydrogen-bond donors (Lipinski definition) is 1. The monoisotopic (exact) mass is 389 g/mol. The van der Waals surface area contributed by atoms with Gasteiger partial charge in [0, 0.05) is 32.7 Å². The number of nitrogens with zero attached hydrogens (tertiary/aromatic N) is 1. The molecule has 1 amide bonds. The van der Waals surface area contributed by atoms with Crippen molar-refractivity contribution < 1.29 is 51.4 Å². The van der Waals surface area contributed by atoms with Gasteiger partial charge in [0.2, 0.25) is 5.91 Å². The molecule has 1 heterocycles. The van der Waals surface area contributed by atoms with E-state index in [4.69, 9.17) is 11.6 Å². The van der Waals surface area contributed by atoms with Crippen LogP contribution in [0.2, 0.25) is 0 Å². The van der Waals surface area contributed by atoms with Crippen LogP contribution in [-0.2, 0) is 37.5 Å². The van der Waals surface area contributed by atoms with Crippen LogP contribution in [0.3, 0.4) is 0 Å². The van der Waals surface area contributed by atoms with Crippen LogP contribution in [0.5, 0.6) is 5.75 Å². The first-order valence-electron chi connectivity index (χ1n) is 6.04. The van der Waals surface area contributed by atoms with Crippen molar-refractivity contribution in [2.75, 3.05) is 6.54 Å². The Morgan fingerprint density at radius 1 is 1.52 bits per heavy atom. The second kappa shape index (κ2) is 7.66. The number of phenolic OH excluding ortho intramolecular Hbond substituents is 1. The number of aryl methyl sites for hydroxylation is 1.